The van der Waals surface area contributed by atoms with Crippen LogP contribution in [0.5, 0.6) is 11.5 Å². The van der Waals surface area contributed by atoms with Crippen molar-refractivity contribution in [2.75, 3.05) is 6.61 Å². The minimum atomic E-state index is -0.402. The number of halogens is 1. The molecule has 144 valence electrons. The molecule has 0 radical (unpaired) electrons. The highest BCUT2D eigenvalue weighted by molar-refractivity contribution is 9.10. The summed E-state index contributed by atoms with van der Waals surface area (Å²) < 4.78 is 6.42. The number of hydrogen-bond donors (Lipinski definition) is 2. The molecule has 1 amide bonds. The maximum absolute atomic E-state index is 12.1. The Morgan fingerprint density at radius 3 is 2.41 bits per heavy atom. The molecule has 0 aliphatic heterocycles. The van der Waals surface area contributed by atoms with Gasteiger partial charge in [0.25, 0.3) is 5.91 Å². The number of nitrogens with one attached hydrogen (secondary N) is 1. The van der Waals surface area contributed by atoms with Crippen LogP contribution >= 0.6 is 15.9 Å². The standard InChI is InChI=1S/C23H17BrN2O3/c24-23-18-8-4-2-6-16(18)10-12-21(23)29-14-22(28)26-25-13-19-17-7-3-1-5-15(17)9-11-20(19)27/h1-13,27H,14H2,(H,26,28)/b25-13-. The topological polar surface area (TPSA) is 70.9 Å². The van der Waals surface area contributed by atoms with Gasteiger partial charge in [-0.2, -0.15) is 5.10 Å². The normalized spacial score (nSPS) is 11.2. The highest BCUT2D eigenvalue weighted by Gasteiger charge is 2.09. The fourth-order valence-electron chi connectivity index (χ4n) is 3.09. The smallest absolute Gasteiger partial charge is 0.277 e. The maximum Gasteiger partial charge on any atom is 0.277 e. The Hall–Kier alpha value is -3.38. The summed E-state index contributed by atoms with van der Waals surface area (Å²) in [4.78, 5) is 12.1. The summed E-state index contributed by atoms with van der Waals surface area (Å²) in [6.07, 6.45) is 1.43. The van der Waals surface area contributed by atoms with Crippen molar-refractivity contribution in [3.8, 4) is 11.5 Å². The van der Waals surface area contributed by atoms with Gasteiger partial charge in [-0.25, -0.2) is 5.43 Å². The molecule has 4 rings (SSSR count). The lowest BCUT2D eigenvalue weighted by Gasteiger charge is -2.09. The molecule has 0 heterocycles. The van der Waals surface area contributed by atoms with E-state index in [1.807, 2.05) is 66.7 Å². The number of hydrazone groups is 1. The van der Waals surface area contributed by atoms with E-state index in [2.05, 4.69) is 26.5 Å². The molecule has 0 saturated carbocycles. The van der Waals surface area contributed by atoms with E-state index >= 15 is 0 Å². The van der Waals surface area contributed by atoms with Crippen LogP contribution in [-0.2, 0) is 4.79 Å². The third-order valence-electron chi connectivity index (χ3n) is 4.52. The van der Waals surface area contributed by atoms with E-state index in [9.17, 15) is 9.90 Å². The number of nitrogens with zero attached hydrogens (tertiary/aromatic N) is 1. The van der Waals surface area contributed by atoms with E-state index in [1.165, 1.54) is 6.21 Å². The first kappa shape index (κ1) is 19.0. The number of carbonyl (C=O) groups excluding carboxylic acids is 1. The Balaban J connectivity index is 1.42. The second-order valence-corrected chi connectivity index (χ2v) is 7.19. The number of fused-ring (bicyclic) bond motifs is 2. The van der Waals surface area contributed by atoms with Gasteiger partial charge in [0.05, 0.1) is 10.7 Å². The van der Waals surface area contributed by atoms with Crippen LogP contribution in [-0.4, -0.2) is 23.8 Å². The first-order chi connectivity index (χ1) is 14.1. The molecule has 2 N–H and O–H groups in total. The molecule has 0 bridgehead atoms. The summed E-state index contributed by atoms with van der Waals surface area (Å²) in [6.45, 7) is -0.185. The van der Waals surface area contributed by atoms with Crippen molar-refractivity contribution in [3.05, 3.63) is 82.8 Å². The summed E-state index contributed by atoms with van der Waals surface area (Å²) in [6, 6.07) is 22.7. The second kappa shape index (κ2) is 8.32. The van der Waals surface area contributed by atoms with Gasteiger partial charge in [-0.1, -0.05) is 60.7 Å². The highest BCUT2D eigenvalue weighted by atomic mass is 79.9. The average molecular weight is 449 g/mol. The van der Waals surface area contributed by atoms with E-state index in [-0.39, 0.29) is 12.4 Å². The highest BCUT2D eigenvalue weighted by Crippen LogP contribution is 2.33. The van der Waals surface area contributed by atoms with Crippen molar-refractivity contribution in [3.63, 3.8) is 0 Å². The third-order valence-corrected chi connectivity index (χ3v) is 5.34. The minimum Gasteiger partial charge on any atom is -0.507 e. The van der Waals surface area contributed by atoms with Crippen LogP contribution < -0.4 is 10.2 Å². The summed E-state index contributed by atoms with van der Waals surface area (Å²) >= 11 is 3.53. The molecular weight excluding hydrogens is 432 g/mol. The Labute approximate surface area is 175 Å². The quantitative estimate of drug-likeness (QED) is 0.333. The second-order valence-electron chi connectivity index (χ2n) is 6.40. The first-order valence-electron chi connectivity index (χ1n) is 8.96. The molecule has 4 aromatic rings. The number of rotatable bonds is 5. The average Bonchev–Trinajstić information content (AvgIpc) is 2.75. The Bertz CT molecular complexity index is 1240. The van der Waals surface area contributed by atoms with Gasteiger partial charge in [0.15, 0.2) is 6.61 Å². The number of phenols is 1. The zero-order valence-electron chi connectivity index (χ0n) is 15.3. The Kier molecular flexibility index (Phi) is 5.44. The number of aromatic hydroxyl groups is 1. The molecule has 0 aliphatic carbocycles. The molecule has 0 spiro atoms. The summed E-state index contributed by atoms with van der Waals surface area (Å²) in [5.41, 5.74) is 2.97. The molecular formula is C23H17BrN2O3. The van der Waals surface area contributed by atoms with Crippen LogP contribution in [0.15, 0.2) is 82.4 Å². The number of amides is 1. The summed E-state index contributed by atoms with van der Waals surface area (Å²) in [7, 11) is 0. The van der Waals surface area contributed by atoms with Crippen molar-refractivity contribution < 1.29 is 14.6 Å². The van der Waals surface area contributed by atoms with Crippen LogP contribution in [0.25, 0.3) is 21.5 Å². The van der Waals surface area contributed by atoms with Crippen molar-refractivity contribution in [2.45, 2.75) is 0 Å². The van der Waals surface area contributed by atoms with Crippen molar-refractivity contribution in [1.82, 2.24) is 5.43 Å². The molecule has 4 aromatic carbocycles. The van der Waals surface area contributed by atoms with E-state index < -0.39 is 5.91 Å². The van der Waals surface area contributed by atoms with Gasteiger partial charge >= 0.3 is 0 Å². The SMILES string of the molecule is O=C(COc1ccc2ccccc2c1Br)N/N=C\c1c(O)ccc2ccccc12. The maximum atomic E-state index is 12.1. The van der Waals surface area contributed by atoms with E-state index in [0.717, 1.165) is 26.0 Å². The van der Waals surface area contributed by atoms with Crippen molar-refractivity contribution in [1.29, 1.82) is 0 Å². The Morgan fingerprint density at radius 1 is 0.966 bits per heavy atom. The van der Waals surface area contributed by atoms with Crippen LogP contribution in [0.4, 0.5) is 0 Å². The molecule has 0 saturated heterocycles. The molecule has 5 nitrogen and oxygen atoms in total. The molecule has 0 aliphatic rings. The summed E-state index contributed by atoms with van der Waals surface area (Å²) in [5.74, 6) is 0.272. The molecule has 6 heteroatoms. The number of benzene rings is 4. The van der Waals surface area contributed by atoms with Gasteiger partial charge in [-0.15, -0.1) is 0 Å². The van der Waals surface area contributed by atoms with Crippen LogP contribution in [0.2, 0.25) is 0 Å². The lowest BCUT2D eigenvalue weighted by atomic mass is 10.0. The van der Waals surface area contributed by atoms with Crippen LogP contribution in [0, 0.1) is 0 Å². The van der Waals surface area contributed by atoms with Gasteiger partial charge in [-0.05, 0) is 49.6 Å². The molecule has 0 atom stereocenters. The minimum absolute atomic E-state index is 0.0954. The zero-order chi connectivity index (χ0) is 20.2. The van der Waals surface area contributed by atoms with Crippen LogP contribution in [0.1, 0.15) is 5.56 Å². The van der Waals surface area contributed by atoms with Gasteiger partial charge in [0, 0.05) is 5.56 Å². The van der Waals surface area contributed by atoms with E-state index in [0.29, 0.717) is 11.3 Å². The molecule has 0 fully saturated rings. The fraction of sp³-hybridized carbons (Fsp3) is 0.0435. The summed E-state index contributed by atoms with van der Waals surface area (Å²) in [5, 5.41) is 18.0. The van der Waals surface area contributed by atoms with E-state index in [4.69, 9.17) is 4.74 Å². The van der Waals surface area contributed by atoms with Gasteiger partial charge in [0.1, 0.15) is 11.5 Å². The van der Waals surface area contributed by atoms with Gasteiger partial charge in [0.2, 0.25) is 0 Å². The van der Waals surface area contributed by atoms with Crippen molar-refractivity contribution in [2.24, 2.45) is 5.10 Å². The number of ether oxygens (including phenoxy) is 1. The number of carbonyl (C=O) groups is 1. The molecule has 0 unspecified atom stereocenters. The first-order valence-corrected chi connectivity index (χ1v) is 9.75. The number of hydrogen-bond acceptors (Lipinski definition) is 4. The predicted molar refractivity (Wildman–Crippen MR) is 118 cm³/mol. The number of phenolic OH excluding ortho intramolecular Hbond substituents is 1. The predicted octanol–water partition coefficient (Wildman–Crippen LogP) is 4.99. The van der Waals surface area contributed by atoms with Crippen molar-refractivity contribution >= 4 is 49.6 Å². The van der Waals surface area contributed by atoms with Crippen LogP contribution in [0.3, 0.4) is 0 Å². The van der Waals surface area contributed by atoms with Gasteiger partial charge in [-0.3, -0.25) is 4.79 Å². The fourth-order valence-corrected chi connectivity index (χ4v) is 3.70. The zero-order valence-corrected chi connectivity index (χ0v) is 16.9. The molecule has 29 heavy (non-hydrogen) atoms. The Morgan fingerprint density at radius 2 is 1.62 bits per heavy atom. The monoisotopic (exact) mass is 448 g/mol. The largest absolute Gasteiger partial charge is 0.507 e. The van der Waals surface area contributed by atoms with E-state index in [1.54, 1.807) is 6.07 Å². The third kappa shape index (κ3) is 4.07. The molecule has 0 aromatic heterocycles. The lowest BCUT2D eigenvalue weighted by molar-refractivity contribution is -0.123. The lowest BCUT2D eigenvalue weighted by Crippen LogP contribution is -2.24. The van der Waals surface area contributed by atoms with Gasteiger partial charge < -0.3 is 9.84 Å².